The third kappa shape index (κ3) is 6.32. The van der Waals surface area contributed by atoms with E-state index in [0.29, 0.717) is 62.4 Å². The van der Waals surface area contributed by atoms with Crippen LogP contribution in [0.15, 0.2) is 57.5 Å². The first-order valence-corrected chi connectivity index (χ1v) is 14.5. The molecule has 3 aromatic rings. The highest BCUT2D eigenvalue weighted by Gasteiger charge is 2.34. The molecule has 1 aromatic heterocycles. The van der Waals surface area contributed by atoms with Crippen LogP contribution in [0.3, 0.4) is 0 Å². The number of rotatable bonds is 11. The fourth-order valence-corrected chi connectivity index (χ4v) is 5.66. The van der Waals surface area contributed by atoms with Gasteiger partial charge in [0, 0.05) is 11.6 Å². The predicted molar refractivity (Wildman–Crippen MR) is 158 cm³/mol. The Bertz CT molecular complexity index is 1630. The third-order valence-electron chi connectivity index (χ3n) is 6.27. The van der Waals surface area contributed by atoms with E-state index in [1.165, 1.54) is 11.3 Å². The second kappa shape index (κ2) is 13.1. The van der Waals surface area contributed by atoms with Crippen molar-refractivity contribution in [2.24, 2.45) is 4.99 Å². The lowest BCUT2D eigenvalue weighted by molar-refractivity contribution is -0.139. The molecule has 0 amide bonds. The van der Waals surface area contributed by atoms with Crippen LogP contribution in [-0.2, 0) is 9.53 Å². The van der Waals surface area contributed by atoms with Crippen molar-refractivity contribution < 1.29 is 28.5 Å². The Labute approximate surface area is 243 Å². The number of esters is 1. The smallest absolute Gasteiger partial charge is 0.338 e. The van der Waals surface area contributed by atoms with Gasteiger partial charge in [-0.05, 0) is 77.4 Å². The minimum absolute atomic E-state index is 0.0613. The maximum absolute atomic E-state index is 14.0. The van der Waals surface area contributed by atoms with Crippen LogP contribution in [0.2, 0.25) is 0 Å². The summed E-state index contributed by atoms with van der Waals surface area (Å²) in [5.41, 5.74) is 1.89. The number of carbonyl (C=O) groups excluding carboxylic acids is 1. The zero-order valence-corrected chi connectivity index (χ0v) is 25.3. The molecule has 0 radical (unpaired) electrons. The van der Waals surface area contributed by atoms with Gasteiger partial charge in [-0.1, -0.05) is 17.4 Å². The van der Waals surface area contributed by atoms with Gasteiger partial charge >= 0.3 is 5.97 Å². The number of ether oxygens (including phenoxy) is 5. The van der Waals surface area contributed by atoms with E-state index in [0.717, 1.165) is 5.56 Å². The average molecular weight is 581 g/mol. The normalized spacial score (nSPS) is 14.9. The lowest BCUT2D eigenvalue weighted by Gasteiger charge is -2.25. The molecule has 2 heterocycles. The van der Waals surface area contributed by atoms with Gasteiger partial charge in [-0.25, -0.2) is 9.79 Å². The number of methoxy groups -OCH3 is 1. The molecule has 10 heteroatoms. The number of carbonyl (C=O) groups is 1. The fraction of sp³-hybridized carbons (Fsp3) is 0.387. The molecule has 0 fully saturated rings. The lowest BCUT2D eigenvalue weighted by Crippen LogP contribution is -2.40. The molecular formula is C31H36N2O7S. The maximum atomic E-state index is 14.0. The third-order valence-corrected chi connectivity index (χ3v) is 7.25. The molecule has 1 atom stereocenters. The Morgan fingerprint density at radius 3 is 2.44 bits per heavy atom. The molecule has 0 aliphatic carbocycles. The number of benzene rings is 2. The van der Waals surface area contributed by atoms with E-state index in [1.807, 2.05) is 52.0 Å². The Balaban J connectivity index is 1.93. The Hall–Kier alpha value is -4.05. The van der Waals surface area contributed by atoms with Gasteiger partial charge in [-0.3, -0.25) is 9.36 Å². The van der Waals surface area contributed by atoms with Crippen molar-refractivity contribution >= 4 is 23.4 Å². The summed E-state index contributed by atoms with van der Waals surface area (Å²) >= 11 is 1.25. The van der Waals surface area contributed by atoms with Crippen molar-refractivity contribution in [3.63, 3.8) is 0 Å². The van der Waals surface area contributed by atoms with Crippen LogP contribution in [0.1, 0.15) is 58.7 Å². The van der Waals surface area contributed by atoms with Crippen molar-refractivity contribution in [1.82, 2.24) is 4.57 Å². The van der Waals surface area contributed by atoms with Crippen LogP contribution in [0.25, 0.3) is 6.08 Å². The van der Waals surface area contributed by atoms with Crippen molar-refractivity contribution in [2.45, 2.75) is 53.7 Å². The second-order valence-corrected chi connectivity index (χ2v) is 10.5. The number of hydrogen-bond acceptors (Lipinski definition) is 9. The average Bonchev–Trinajstić information content (AvgIpc) is 3.23. The largest absolute Gasteiger partial charge is 0.494 e. The first kappa shape index (κ1) is 29.9. The molecule has 4 rings (SSSR count). The molecule has 0 N–H and O–H groups in total. The van der Waals surface area contributed by atoms with Gasteiger partial charge in [0.15, 0.2) is 16.3 Å². The summed E-state index contributed by atoms with van der Waals surface area (Å²) in [5.74, 6) is 1.82. The van der Waals surface area contributed by atoms with Crippen molar-refractivity contribution in [3.05, 3.63) is 78.5 Å². The number of hydrogen-bond donors (Lipinski definition) is 0. The molecule has 0 bridgehead atoms. The minimum atomic E-state index is -0.777. The molecule has 2 aromatic carbocycles. The molecule has 1 aliphatic rings. The highest BCUT2D eigenvalue weighted by molar-refractivity contribution is 7.07. The number of thiazole rings is 1. The molecule has 218 valence electrons. The van der Waals surface area contributed by atoms with Crippen LogP contribution in [-0.4, -0.2) is 43.6 Å². The summed E-state index contributed by atoms with van der Waals surface area (Å²) in [4.78, 5) is 32.4. The topological polar surface area (TPSA) is 97.6 Å². The van der Waals surface area contributed by atoms with Crippen LogP contribution >= 0.6 is 11.3 Å². The highest BCUT2D eigenvalue weighted by atomic mass is 32.1. The van der Waals surface area contributed by atoms with Gasteiger partial charge in [0.05, 0.1) is 54.9 Å². The summed E-state index contributed by atoms with van der Waals surface area (Å²) in [6.45, 7) is 12.3. The number of aromatic nitrogens is 1. The van der Waals surface area contributed by atoms with E-state index in [9.17, 15) is 9.59 Å². The van der Waals surface area contributed by atoms with E-state index in [2.05, 4.69) is 4.99 Å². The molecule has 0 saturated heterocycles. The van der Waals surface area contributed by atoms with Crippen molar-refractivity contribution in [2.75, 3.05) is 26.9 Å². The van der Waals surface area contributed by atoms with Crippen LogP contribution in [0, 0.1) is 0 Å². The van der Waals surface area contributed by atoms with E-state index in [-0.39, 0.29) is 18.3 Å². The molecule has 1 aliphatic heterocycles. The standard InChI is InChI=1S/C31H36N2O7S/c1-8-37-22-13-11-20(24(17-22)38-9-2)16-26-29(34)33-28(21-12-14-23(40-18(4)5)25(15-21)36-7)27(30(35)39-10-3)19(6)32-31(33)41-26/h11-18,28H,8-10H2,1-7H3/b26-16-/t28-/m0/s1. The summed E-state index contributed by atoms with van der Waals surface area (Å²) in [6.07, 6.45) is 1.72. The molecule has 0 saturated carbocycles. The quantitative estimate of drug-likeness (QED) is 0.310. The number of allylic oxidation sites excluding steroid dienone is 1. The first-order valence-electron chi connectivity index (χ1n) is 13.7. The van der Waals surface area contributed by atoms with E-state index < -0.39 is 12.0 Å². The van der Waals surface area contributed by atoms with Crippen LogP contribution in [0.5, 0.6) is 23.0 Å². The molecule has 0 unspecified atom stereocenters. The fourth-order valence-electron chi connectivity index (χ4n) is 4.62. The zero-order chi connectivity index (χ0) is 29.7. The molecule has 41 heavy (non-hydrogen) atoms. The Kier molecular flexibility index (Phi) is 9.54. The van der Waals surface area contributed by atoms with E-state index in [4.69, 9.17) is 23.7 Å². The molecular weight excluding hydrogens is 544 g/mol. The summed E-state index contributed by atoms with van der Waals surface area (Å²) in [6, 6.07) is 10.1. The van der Waals surface area contributed by atoms with E-state index >= 15 is 0 Å². The number of nitrogens with zero attached hydrogens (tertiary/aromatic N) is 2. The summed E-state index contributed by atoms with van der Waals surface area (Å²) < 4.78 is 30.4. The van der Waals surface area contributed by atoms with Gasteiger partial charge in [0.1, 0.15) is 11.5 Å². The Morgan fingerprint density at radius 1 is 1.02 bits per heavy atom. The zero-order valence-electron chi connectivity index (χ0n) is 24.5. The van der Waals surface area contributed by atoms with Gasteiger partial charge in [-0.2, -0.15) is 0 Å². The number of fused-ring (bicyclic) bond motifs is 1. The lowest BCUT2D eigenvalue weighted by atomic mass is 9.95. The SMILES string of the molecule is CCOC(=O)C1=C(C)N=c2s/c(=C\c3ccc(OCC)cc3OCC)c(=O)n2[C@H]1c1ccc(OC(C)C)c(OC)c1. The maximum Gasteiger partial charge on any atom is 0.338 e. The van der Waals surface area contributed by atoms with Crippen LogP contribution in [0.4, 0.5) is 0 Å². The van der Waals surface area contributed by atoms with Crippen molar-refractivity contribution in [3.8, 4) is 23.0 Å². The van der Waals surface area contributed by atoms with Gasteiger partial charge in [0.2, 0.25) is 0 Å². The first-order chi connectivity index (χ1) is 19.7. The van der Waals surface area contributed by atoms with Gasteiger partial charge in [-0.15, -0.1) is 0 Å². The van der Waals surface area contributed by atoms with Crippen molar-refractivity contribution in [1.29, 1.82) is 0 Å². The Morgan fingerprint density at radius 2 is 1.78 bits per heavy atom. The predicted octanol–water partition coefficient (Wildman–Crippen LogP) is 4.39. The monoisotopic (exact) mass is 580 g/mol. The summed E-state index contributed by atoms with van der Waals surface area (Å²) in [7, 11) is 1.55. The summed E-state index contributed by atoms with van der Waals surface area (Å²) in [5, 5.41) is 0. The van der Waals surface area contributed by atoms with Gasteiger partial charge < -0.3 is 23.7 Å². The highest BCUT2D eigenvalue weighted by Crippen LogP contribution is 2.36. The minimum Gasteiger partial charge on any atom is -0.494 e. The van der Waals surface area contributed by atoms with E-state index in [1.54, 1.807) is 43.7 Å². The molecule has 0 spiro atoms. The second-order valence-electron chi connectivity index (χ2n) is 9.44. The van der Waals surface area contributed by atoms with Gasteiger partial charge in [0.25, 0.3) is 5.56 Å². The van der Waals surface area contributed by atoms with Crippen LogP contribution < -0.4 is 33.8 Å². The molecule has 9 nitrogen and oxygen atoms in total.